The van der Waals surface area contributed by atoms with E-state index in [1.807, 2.05) is 25.7 Å². The Hall–Kier alpha value is -1.55. The third-order valence-corrected chi connectivity index (χ3v) is 5.18. The third kappa shape index (κ3) is 3.16. The van der Waals surface area contributed by atoms with Crippen molar-refractivity contribution in [2.45, 2.75) is 64.4 Å². The van der Waals surface area contributed by atoms with E-state index in [0.717, 1.165) is 38.2 Å². The van der Waals surface area contributed by atoms with Crippen molar-refractivity contribution in [3.63, 3.8) is 0 Å². The predicted octanol–water partition coefficient (Wildman–Crippen LogP) is 4.19. The van der Waals surface area contributed by atoms with Crippen molar-refractivity contribution in [2.75, 3.05) is 24.5 Å². The molecule has 0 aromatic heterocycles. The molecule has 0 aliphatic carbocycles. The number of hydrogen-bond acceptors (Lipinski definition) is 3. The molecule has 0 saturated carbocycles. The lowest BCUT2D eigenvalue weighted by molar-refractivity contribution is 0.0575. The number of hydrogen-bond donors (Lipinski definition) is 1. The molecule has 1 aromatic rings. The number of rotatable bonds is 1. The number of fused-ring (bicyclic) bond motifs is 2. The molecule has 0 unspecified atom stereocenters. The second-order valence-electron chi connectivity index (χ2n) is 8.53. The van der Waals surface area contributed by atoms with E-state index in [0.29, 0.717) is 5.92 Å². The zero-order valence-electron chi connectivity index (χ0n) is 15.6. The number of anilines is 1. The highest BCUT2D eigenvalue weighted by atomic mass is 16.6. The quantitative estimate of drug-likeness (QED) is 0.839. The first-order valence-electron chi connectivity index (χ1n) is 9.07. The molecule has 2 aliphatic heterocycles. The minimum absolute atomic E-state index is 0.0718. The lowest BCUT2D eigenvalue weighted by atomic mass is 9.74. The molecular formula is C20H30N2O2. The number of carbonyl (C=O) groups excluding carboxylic acids is 1. The molecule has 3 rings (SSSR count). The fraction of sp³-hybridized carbons (Fsp3) is 0.650. The van der Waals surface area contributed by atoms with Crippen LogP contribution in [0.1, 0.15) is 64.5 Å². The molecule has 1 N–H and O–H groups in total. The number of piperidine rings is 1. The van der Waals surface area contributed by atoms with Gasteiger partial charge in [0.15, 0.2) is 0 Å². The van der Waals surface area contributed by atoms with Crippen molar-refractivity contribution in [1.29, 1.82) is 0 Å². The summed E-state index contributed by atoms with van der Waals surface area (Å²) in [5.41, 5.74) is 3.32. The largest absolute Gasteiger partial charge is 0.443 e. The first kappa shape index (κ1) is 17.3. The van der Waals surface area contributed by atoms with Crippen LogP contribution >= 0.6 is 0 Å². The van der Waals surface area contributed by atoms with Gasteiger partial charge in [0.1, 0.15) is 5.60 Å². The summed E-state index contributed by atoms with van der Waals surface area (Å²) in [4.78, 5) is 14.6. The standard InChI is InChI=1S/C20H30N2O2/c1-14(2)15-6-7-17-16(12-15)20(8-10-21-11-9-20)13-22(17)18(23)24-19(3,4)5/h6-7,12,14,21H,8-11,13H2,1-5H3. The molecule has 1 saturated heterocycles. The van der Waals surface area contributed by atoms with Gasteiger partial charge in [0.25, 0.3) is 0 Å². The van der Waals surface area contributed by atoms with Crippen LogP contribution in [0.2, 0.25) is 0 Å². The Kier molecular flexibility index (Phi) is 4.37. The van der Waals surface area contributed by atoms with E-state index in [9.17, 15) is 4.79 Å². The average molecular weight is 330 g/mol. The molecular weight excluding hydrogens is 300 g/mol. The number of amides is 1. The van der Waals surface area contributed by atoms with Gasteiger partial charge in [0.2, 0.25) is 0 Å². The van der Waals surface area contributed by atoms with Crippen LogP contribution in [0.15, 0.2) is 18.2 Å². The van der Waals surface area contributed by atoms with E-state index in [1.54, 1.807) is 0 Å². The fourth-order valence-electron chi connectivity index (χ4n) is 3.86. The molecule has 2 heterocycles. The number of nitrogens with one attached hydrogen (secondary N) is 1. The zero-order chi connectivity index (χ0) is 17.5. The van der Waals surface area contributed by atoms with Crippen molar-refractivity contribution < 1.29 is 9.53 Å². The first-order valence-corrected chi connectivity index (χ1v) is 9.07. The van der Waals surface area contributed by atoms with Crippen LogP contribution < -0.4 is 10.2 Å². The summed E-state index contributed by atoms with van der Waals surface area (Å²) < 4.78 is 5.66. The number of ether oxygens (including phenoxy) is 1. The van der Waals surface area contributed by atoms with Crippen LogP contribution in [0, 0.1) is 0 Å². The first-order chi connectivity index (χ1) is 11.2. The lowest BCUT2D eigenvalue weighted by Crippen LogP contribution is -2.45. The Morgan fingerprint density at radius 2 is 1.92 bits per heavy atom. The van der Waals surface area contributed by atoms with Gasteiger partial charge in [-0.1, -0.05) is 26.0 Å². The molecule has 1 spiro atoms. The SMILES string of the molecule is CC(C)c1ccc2c(c1)C1(CCNCC1)CN2C(=O)OC(C)(C)C. The van der Waals surface area contributed by atoms with E-state index < -0.39 is 5.60 Å². The number of benzene rings is 1. The predicted molar refractivity (Wildman–Crippen MR) is 97.9 cm³/mol. The van der Waals surface area contributed by atoms with Gasteiger partial charge in [0.05, 0.1) is 5.69 Å². The maximum Gasteiger partial charge on any atom is 0.414 e. The van der Waals surface area contributed by atoms with Crippen molar-refractivity contribution in [1.82, 2.24) is 5.32 Å². The Bertz CT molecular complexity index is 625. The highest BCUT2D eigenvalue weighted by molar-refractivity contribution is 5.92. The monoisotopic (exact) mass is 330 g/mol. The summed E-state index contributed by atoms with van der Waals surface area (Å²) in [5.74, 6) is 0.490. The van der Waals surface area contributed by atoms with E-state index in [4.69, 9.17) is 4.74 Å². The van der Waals surface area contributed by atoms with Crippen molar-refractivity contribution in [3.8, 4) is 0 Å². The Labute approximate surface area is 145 Å². The molecule has 2 aliphatic rings. The van der Waals surface area contributed by atoms with Gasteiger partial charge in [-0.05, 0) is 69.8 Å². The zero-order valence-corrected chi connectivity index (χ0v) is 15.6. The summed E-state index contributed by atoms with van der Waals surface area (Å²) in [6.07, 6.45) is 1.92. The number of nitrogens with zero attached hydrogens (tertiary/aromatic N) is 1. The highest BCUT2D eigenvalue weighted by Crippen LogP contribution is 2.47. The molecule has 4 nitrogen and oxygen atoms in total. The highest BCUT2D eigenvalue weighted by Gasteiger charge is 2.46. The summed E-state index contributed by atoms with van der Waals surface area (Å²) in [6.45, 7) is 13.0. The van der Waals surface area contributed by atoms with Gasteiger partial charge in [-0.15, -0.1) is 0 Å². The van der Waals surface area contributed by atoms with Crippen LogP contribution in [-0.4, -0.2) is 31.3 Å². The molecule has 0 bridgehead atoms. The van der Waals surface area contributed by atoms with Crippen molar-refractivity contribution >= 4 is 11.8 Å². The van der Waals surface area contributed by atoms with Crippen LogP contribution in [-0.2, 0) is 10.2 Å². The second kappa shape index (κ2) is 6.07. The Morgan fingerprint density at radius 1 is 1.25 bits per heavy atom. The molecule has 4 heteroatoms. The van der Waals surface area contributed by atoms with Crippen LogP contribution in [0.4, 0.5) is 10.5 Å². The van der Waals surface area contributed by atoms with Crippen LogP contribution in [0.3, 0.4) is 0 Å². The van der Waals surface area contributed by atoms with E-state index in [1.165, 1.54) is 11.1 Å². The summed E-state index contributed by atoms with van der Waals surface area (Å²) in [7, 11) is 0. The van der Waals surface area contributed by atoms with Gasteiger partial charge in [-0.3, -0.25) is 4.90 Å². The fourth-order valence-corrected chi connectivity index (χ4v) is 3.86. The lowest BCUT2D eigenvalue weighted by Gasteiger charge is -2.35. The minimum atomic E-state index is -0.473. The molecule has 0 radical (unpaired) electrons. The molecule has 132 valence electrons. The second-order valence-corrected chi connectivity index (χ2v) is 8.53. The Morgan fingerprint density at radius 3 is 2.50 bits per heavy atom. The maximum atomic E-state index is 12.8. The normalized spacial score (nSPS) is 19.7. The molecule has 1 amide bonds. The van der Waals surface area contributed by atoms with Gasteiger partial charge in [-0.2, -0.15) is 0 Å². The van der Waals surface area contributed by atoms with Gasteiger partial charge >= 0.3 is 6.09 Å². The summed E-state index contributed by atoms with van der Waals surface area (Å²) in [5, 5.41) is 3.45. The topological polar surface area (TPSA) is 41.6 Å². The van der Waals surface area contributed by atoms with Crippen LogP contribution in [0.25, 0.3) is 0 Å². The van der Waals surface area contributed by atoms with Gasteiger partial charge in [-0.25, -0.2) is 4.79 Å². The summed E-state index contributed by atoms with van der Waals surface area (Å²) >= 11 is 0. The van der Waals surface area contributed by atoms with Gasteiger partial charge in [0, 0.05) is 12.0 Å². The molecule has 24 heavy (non-hydrogen) atoms. The van der Waals surface area contributed by atoms with Crippen LogP contribution in [0.5, 0.6) is 0 Å². The molecule has 0 atom stereocenters. The molecule has 1 aromatic carbocycles. The Balaban J connectivity index is 2.00. The number of carbonyl (C=O) groups is 1. The third-order valence-electron chi connectivity index (χ3n) is 5.18. The smallest absolute Gasteiger partial charge is 0.414 e. The van der Waals surface area contributed by atoms with Gasteiger partial charge < -0.3 is 10.1 Å². The molecule has 1 fully saturated rings. The van der Waals surface area contributed by atoms with Crippen molar-refractivity contribution in [2.24, 2.45) is 0 Å². The van der Waals surface area contributed by atoms with E-state index in [2.05, 4.69) is 37.4 Å². The van der Waals surface area contributed by atoms with E-state index >= 15 is 0 Å². The maximum absolute atomic E-state index is 12.8. The average Bonchev–Trinajstić information content (AvgIpc) is 2.80. The van der Waals surface area contributed by atoms with Crippen molar-refractivity contribution in [3.05, 3.63) is 29.3 Å². The summed E-state index contributed by atoms with van der Waals surface area (Å²) in [6, 6.07) is 6.60. The van der Waals surface area contributed by atoms with E-state index in [-0.39, 0.29) is 11.5 Å². The minimum Gasteiger partial charge on any atom is -0.443 e.